The van der Waals surface area contributed by atoms with E-state index in [-0.39, 0.29) is 81.4 Å². The molecule has 4 amide bonds. The standard InChI is InChI=1S/C10H8ClNO4S.C10H9NO5S.C8H4O3.C2H7NO3S.C2H4O2.Cl5P.K/c11-17(15,16)6-5-12-9(13)7-3-1-2-4-8(7)10(12)14;12-9-7-3-1-2-4-8(7)10(13)11(9)5-6-17(14,15)16;9-7-5-3-1-2-4-6(5)8(10)11-7;3-1-2-7(4,5)6;1-2(3)4;1-6(2,3,4)5;/h1-4H,5-6H2;1-4H,5-6H2,(H,14,15,16);1-4H;1-3H2,(H,4,5,6);1H3,(H,3,4);;/q;;;;;;+1/p-1. The number of fused-ring (bicyclic) bond motifs is 3. The monoisotopic (exact) mass is 1100 g/mol. The van der Waals surface area contributed by atoms with Crippen molar-refractivity contribution in [3.05, 3.63) is 106 Å². The molecule has 63 heavy (non-hydrogen) atoms. The number of hydrogen-bond donors (Lipinski definition) is 3. The number of esters is 2. The molecule has 3 aromatic carbocycles. The van der Waals surface area contributed by atoms with Gasteiger partial charge in [0.25, 0.3) is 39.7 Å². The molecule has 0 bridgehead atoms. The minimum absolute atomic E-state index is 0. The fourth-order valence-electron chi connectivity index (χ4n) is 4.47. The zero-order valence-corrected chi connectivity index (χ0v) is 43.1. The minimum Gasteiger partial charge on any atom is -0.748 e. The molecule has 0 saturated heterocycles. The molecule has 3 aromatic rings. The number of amides is 4. The molecule has 6 rings (SSSR count). The van der Waals surface area contributed by atoms with Crippen LogP contribution in [0.4, 0.5) is 0 Å². The van der Waals surface area contributed by atoms with Gasteiger partial charge in [-0.15, -0.1) is 0 Å². The summed E-state index contributed by atoms with van der Waals surface area (Å²) in [6, 6.07) is 19.1. The number of nitrogens with two attached hydrogens (primary N) is 1. The Morgan fingerprint density at radius 2 is 0.889 bits per heavy atom. The van der Waals surface area contributed by atoms with Crippen molar-refractivity contribution in [2.45, 2.75) is 6.92 Å². The maximum absolute atomic E-state index is 11.8. The van der Waals surface area contributed by atoms with Crippen molar-refractivity contribution in [1.29, 1.82) is 0 Å². The fourth-order valence-corrected chi connectivity index (χ4v) is 5.78. The molecule has 0 unspecified atom stereocenters. The summed E-state index contributed by atoms with van der Waals surface area (Å²) >= 11 is 24.9. The van der Waals surface area contributed by atoms with Gasteiger partial charge in [-0.1, -0.05) is 36.4 Å². The Balaban J connectivity index is 0.000000781. The van der Waals surface area contributed by atoms with Crippen molar-refractivity contribution < 1.29 is 129 Å². The minimum atomic E-state index is -4.44. The Labute approximate surface area is 430 Å². The van der Waals surface area contributed by atoms with Gasteiger partial charge in [-0.3, -0.25) is 38.3 Å². The predicted molar refractivity (Wildman–Crippen MR) is 229 cm³/mol. The number of imide groups is 2. The second-order valence-corrected chi connectivity index (χ2v) is 34.2. The van der Waals surface area contributed by atoms with Gasteiger partial charge in [0, 0.05) is 37.2 Å². The van der Waals surface area contributed by atoms with Crippen molar-refractivity contribution in [3.63, 3.8) is 0 Å². The molecule has 0 saturated carbocycles. The van der Waals surface area contributed by atoms with Crippen molar-refractivity contribution in [2.24, 2.45) is 5.73 Å². The number of carboxylic acids is 1. The number of cyclic esters (lactones) is 2. The van der Waals surface area contributed by atoms with E-state index >= 15 is 0 Å². The van der Waals surface area contributed by atoms with Crippen LogP contribution in [-0.4, -0.2) is 128 Å². The van der Waals surface area contributed by atoms with Crippen LogP contribution < -0.4 is 57.1 Å². The number of carbonyl (C=O) groups is 7. The number of ether oxygens (including phenoxy) is 1. The second-order valence-electron chi connectivity index (χ2n) is 11.6. The van der Waals surface area contributed by atoms with Crippen LogP contribution in [0.25, 0.3) is 0 Å². The summed E-state index contributed by atoms with van der Waals surface area (Å²) in [6.45, 7) is 0.426. The second kappa shape index (κ2) is 25.8. The average Bonchev–Trinajstić information content (AvgIpc) is 3.65. The zero-order valence-electron chi connectivity index (χ0n) is 32.1. The first kappa shape index (κ1) is 61.1. The van der Waals surface area contributed by atoms with Gasteiger partial charge in [0.1, 0.15) is 0 Å². The Bertz CT molecular complexity index is 2330. The van der Waals surface area contributed by atoms with E-state index in [0.29, 0.717) is 22.3 Å². The third kappa shape index (κ3) is 24.4. The van der Waals surface area contributed by atoms with E-state index in [2.05, 4.69) is 4.74 Å². The van der Waals surface area contributed by atoms with Gasteiger partial charge in [0.15, 0.2) is 0 Å². The maximum atomic E-state index is 11.8. The van der Waals surface area contributed by atoms with Crippen LogP contribution in [0.3, 0.4) is 0 Å². The van der Waals surface area contributed by atoms with E-state index in [1.54, 1.807) is 48.5 Å². The first-order valence-electron chi connectivity index (χ1n) is 16.2. The molecule has 0 spiro atoms. The molecule has 3 aliphatic rings. The molecule has 3 aliphatic heterocycles. The SMILES string of the molecule is CC(=O)O.ClP(Cl)(Cl)(Cl)Cl.NCCS(=O)(=O)O.O=C1OC(=O)c2ccccc21.O=C1c2ccccc2C(=O)N1CCS(=O)(=O)Cl.O=C1c2ccccc2C(=O)N1CCS(=O)(=O)[O-].[K+]. The van der Waals surface area contributed by atoms with E-state index in [1.807, 2.05) is 0 Å². The Hall–Kier alpha value is -1.91. The number of carboxylic acid groups (broad SMARTS) is 1. The summed E-state index contributed by atoms with van der Waals surface area (Å²) in [7, 11) is -6.92. The molecular formula is C32H31Cl6KN3O17PS3. The molecule has 3 heterocycles. The van der Waals surface area contributed by atoms with Crippen LogP contribution in [-0.2, 0) is 38.8 Å². The van der Waals surface area contributed by atoms with Gasteiger partial charge in [-0.05, 0) is 36.4 Å². The summed E-state index contributed by atoms with van der Waals surface area (Å²) in [5.74, 6) is -5.58. The molecule has 31 heteroatoms. The molecular weight excluding hydrogens is 1080 g/mol. The fraction of sp³-hybridized carbons (Fsp3) is 0.219. The van der Waals surface area contributed by atoms with E-state index in [0.717, 1.165) is 16.7 Å². The van der Waals surface area contributed by atoms with Crippen LogP contribution in [0.2, 0.25) is 0 Å². The van der Waals surface area contributed by atoms with Crippen LogP contribution in [0, 0.1) is 0 Å². The largest absolute Gasteiger partial charge is 1.00 e. The number of nitrogens with zero attached hydrogens (tertiary/aromatic N) is 2. The van der Waals surface area contributed by atoms with E-state index in [4.69, 9.17) is 87.1 Å². The normalized spacial score (nSPS) is 14.3. The van der Waals surface area contributed by atoms with E-state index < -0.39 is 92.2 Å². The first-order valence-corrected chi connectivity index (χ1v) is 28.6. The molecule has 342 valence electrons. The van der Waals surface area contributed by atoms with Gasteiger partial charge >= 0.3 is 123 Å². The number of benzene rings is 3. The maximum Gasteiger partial charge on any atom is 1.00 e. The molecule has 0 aliphatic carbocycles. The van der Waals surface area contributed by atoms with Gasteiger partial charge < -0.3 is 20.1 Å². The van der Waals surface area contributed by atoms with Gasteiger partial charge in [0.2, 0.25) is 9.05 Å². The zero-order chi connectivity index (χ0) is 48.0. The van der Waals surface area contributed by atoms with Crippen LogP contribution in [0.15, 0.2) is 72.8 Å². The average molecular weight is 1110 g/mol. The summed E-state index contributed by atoms with van der Waals surface area (Å²) in [4.78, 5) is 79.4. The van der Waals surface area contributed by atoms with Crippen molar-refractivity contribution in [1.82, 2.24) is 9.80 Å². The molecule has 0 aromatic heterocycles. The van der Waals surface area contributed by atoms with Crippen LogP contribution >= 0.6 is 70.3 Å². The van der Waals surface area contributed by atoms with Crippen molar-refractivity contribution >= 4 is 141 Å². The Morgan fingerprint density at radius 3 is 1.10 bits per heavy atom. The van der Waals surface area contributed by atoms with Crippen LogP contribution in [0.5, 0.6) is 0 Å². The summed E-state index contributed by atoms with van der Waals surface area (Å²) in [6.07, 6.45) is 0. The van der Waals surface area contributed by atoms with Crippen molar-refractivity contribution in [3.8, 4) is 0 Å². The van der Waals surface area contributed by atoms with Crippen molar-refractivity contribution in [2.75, 3.05) is 36.9 Å². The molecule has 20 nitrogen and oxygen atoms in total. The van der Waals surface area contributed by atoms with Crippen LogP contribution in [0.1, 0.15) is 69.1 Å². The molecule has 0 radical (unpaired) electrons. The number of carbonyl (C=O) groups excluding carboxylic acids is 6. The van der Waals surface area contributed by atoms with E-state index in [9.17, 15) is 58.6 Å². The summed E-state index contributed by atoms with van der Waals surface area (Å²) in [5, 5.41) is 7.42. The number of aliphatic carboxylic acids is 1. The predicted octanol–water partition coefficient (Wildman–Crippen LogP) is 1.91. The van der Waals surface area contributed by atoms with Gasteiger partial charge in [0.05, 0.1) is 60.8 Å². The molecule has 0 fully saturated rings. The summed E-state index contributed by atoms with van der Waals surface area (Å²) < 4.78 is 81.0. The topological polar surface area (TPSA) is 327 Å². The van der Waals surface area contributed by atoms with Gasteiger partial charge in [-0.2, -0.15) is 8.42 Å². The number of rotatable bonds is 8. The summed E-state index contributed by atoms with van der Waals surface area (Å²) in [5.41, 5.74) is 6.56. The number of hydrogen-bond acceptors (Lipinski definition) is 16. The van der Waals surface area contributed by atoms with Gasteiger partial charge in [-0.25, -0.2) is 26.4 Å². The first-order chi connectivity index (χ1) is 28.1. The third-order valence-electron chi connectivity index (χ3n) is 6.81. The molecule has 4 N–H and O–H groups in total. The smallest absolute Gasteiger partial charge is 0.748 e. The Kier molecular flexibility index (Phi) is 25.1. The quantitative estimate of drug-likeness (QED) is 0.0552. The molecule has 0 atom stereocenters. The number of halogens is 6. The van der Waals surface area contributed by atoms with E-state index in [1.165, 1.54) is 24.3 Å². The third-order valence-corrected chi connectivity index (χ3v) is 9.38. The Morgan fingerprint density at radius 1 is 0.635 bits per heavy atom.